The molecule has 0 unspecified atom stereocenters. The summed E-state index contributed by atoms with van der Waals surface area (Å²) in [5, 5.41) is 14.6. The molecule has 3 N–H and O–H groups in total. The molecule has 1 aliphatic rings. The topological polar surface area (TPSA) is 117 Å². The lowest BCUT2D eigenvalue weighted by molar-refractivity contribution is -0.385. The molecule has 1 fully saturated rings. The van der Waals surface area contributed by atoms with Crippen molar-refractivity contribution in [2.24, 2.45) is 0 Å². The molecule has 0 radical (unpaired) electrons. The lowest BCUT2D eigenvalue weighted by Gasteiger charge is -2.29. The molecule has 0 aromatic heterocycles. The van der Waals surface area contributed by atoms with Gasteiger partial charge in [-0.3, -0.25) is 14.9 Å². The zero-order valence-electron chi connectivity index (χ0n) is 19.9. The summed E-state index contributed by atoms with van der Waals surface area (Å²) in [5.41, 5.74) is 9.35. The second kappa shape index (κ2) is 12.7. The second-order valence-corrected chi connectivity index (χ2v) is 10.6. The number of nitrogens with one attached hydrogen (secondary N) is 1. The van der Waals surface area contributed by atoms with Crippen LogP contribution in [-0.4, -0.2) is 29.6 Å². The summed E-state index contributed by atoms with van der Waals surface area (Å²) in [6.07, 6.45) is 4.29. The SMILES string of the molecule is Cc1c(OCCCC(=O)OC2CCC(NCc3cc(Br)cc(Br)c3N)CC2)ccc([N+](=O)[O-])c1C. The Balaban J connectivity index is 1.34. The van der Waals surface area contributed by atoms with Gasteiger partial charge in [-0.25, -0.2) is 0 Å². The van der Waals surface area contributed by atoms with Gasteiger partial charge in [-0.1, -0.05) is 15.9 Å². The molecule has 8 nitrogen and oxygen atoms in total. The summed E-state index contributed by atoms with van der Waals surface area (Å²) in [4.78, 5) is 22.9. The van der Waals surface area contributed by atoms with Gasteiger partial charge in [0, 0.05) is 45.1 Å². The van der Waals surface area contributed by atoms with E-state index in [-0.39, 0.29) is 24.2 Å². The van der Waals surface area contributed by atoms with E-state index < -0.39 is 4.92 Å². The number of nitrogen functional groups attached to an aromatic ring is 1. The van der Waals surface area contributed by atoms with Crippen LogP contribution >= 0.6 is 31.9 Å². The third-order valence-electron chi connectivity index (χ3n) is 6.42. The molecule has 10 heteroatoms. The van der Waals surface area contributed by atoms with Crippen molar-refractivity contribution in [2.75, 3.05) is 12.3 Å². The Bertz CT molecular complexity index is 1070. The van der Waals surface area contributed by atoms with Gasteiger partial charge in [0.2, 0.25) is 0 Å². The standard InChI is InChI=1S/C25H31Br2N3O5/c1-15-16(2)23(10-9-22(15)30(32)33)34-11-3-4-24(31)35-20-7-5-19(6-8-20)29-14-17-12-18(26)13-21(27)25(17)28/h9-10,12-13,19-20,29H,3-8,11,14,28H2,1-2H3. The average Bonchev–Trinajstić information content (AvgIpc) is 2.81. The summed E-state index contributed by atoms with van der Waals surface area (Å²) >= 11 is 6.98. The number of halogens is 2. The minimum Gasteiger partial charge on any atom is -0.493 e. The molecule has 35 heavy (non-hydrogen) atoms. The van der Waals surface area contributed by atoms with E-state index in [4.69, 9.17) is 15.2 Å². The number of esters is 1. The van der Waals surface area contributed by atoms with Crippen LogP contribution < -0.4 is 15.8 Å². The van der Waals surface area contributed by atoms with Gasteiger partial charge in [-0.2, -0.15) is 0 Å². The number of nitro benzene ring substituents is 1. The van der Waals surface area contributed by atoms with Crippen LogP contribution in [0.15, 0.2) is 33.2 Å². The number of carbonyl (C=O) groups excluding carboxylic acids is 1. The number of rotatable bonds is 10. The molecule has 0 aliphatic heterocycles. The van der Waals surface area contributed by atoms with Crippen molar-refractivity contribution in [3.8, 4) is 5.75 Å². The highest BCUT2D eigenvalue weighted by Gasteiger charge is 2.24. The zero-order chi connectivity index (χ0) is 25.5. The average molecular weight is 613 g/mol. The van der Waals surface area contributed by atoms with E-state index in [0.29, 0.717) is 36.9 Å². The van der Waals surface area contributed by atoms with Crippen LogP contribution in [0.2, 0.25) is 0 Å². The number of nitro groups is 1. The van der Waals surface area contributed by atoms with Crippen LogP contribution in [0.25, 0.3) is 0 Å². The molecule has 190 valence electrons. The maximum atomic E-state index is 12.3. The highest BCUT2D eigenvalue weighted by atomic mass is 79.9. The Morgan fingerprint density at radius 1 is 1.17 bits per heavy atom. The number of nitrogens with two attached hydrogens (primary N) is 1. The summed E-state index contributed by atoms with van der Waals surface area (Å²) < 4.78 is 13.3. The molecule has 1 saturated carbocycles. The van der Waals surface area contributed by atoms with Gasteiger partial charge in [0.1, 0.15) is 11.9 Å². The van der Waals surface area contributed by atoms with Crippen LogP contribution in [-0.2, 0) is 16.1 Å². The Morgan fingerprint density at radius 3 is 2.57 bits per heavy atom. The minimum absolute atomic E-state index is 0.0499. The van der Waals surface area contributed by atoms with E-state index in [1.165, 1.54) is 6.07 Å². The number of ether oxygens (including phenoxy) is 2. The first kappa shape index (κ1) is 27.4. The predicted octanol–water partition coefficient (Wildman–Crippen LogP) is 6.12. The molecular weight excluding hydrogens is 582 g/mol. The van der Waals surface area contributed by atoms with E-state index in [9.17, 15) is 14.9 Å². The van der Waals surface area contributed by atoms with Crippen LogP contribution in [0.4, 0.5) is 11.4 Å². The number of anilines is 1. The summed E-state index contributed by atoms with van der Waals surface area (Å²) in [5.74, 6) is 0.387. The normalized spacial score (nSPS) is 17.7. The number of hydrogen-bond donors (Lipinski definition) is 2. The largest absolute Gasteiger partial charge is 0.493 e. The smallest absolute Gasteiger partial charge is 0.306 e. The van der Waals surface area contributed by atoms with Gasteiger partial charge >= 0.3 is 5.97 Å². The van der Waals surface area contributed by atoms with E-state index in [1.807, 2.05) is 12.1 Å². The van der Waals surface area contributed by atoms with Crippen molar-refractivity contribution in [3.63, 3.8) is 0 Å². The Labute approximate surface area is 222 Å². The van der Waals surface area contributed by atoms with Crippen LogP contribution in [0.5, 0.6) is 5.75 Å². The van der Waals surface area contributed by atoms with Crippen LogP contribution in [0, 0.1) is 24.0 Å². The summed E-state index contributed by atoms with van der Waals surface area (Å²) in [6.45, 7) is 4.53. The van der Waals surface area contributed by atoms with E-state index in [0.717, 1.165) is 51.4 Å². The van der Waals surface area contributed by atoms with Crippen molar-refractivity contribution >= 4 is 49.2 Å². The molecule has 0 bridgehead atoms. The van der Waals surface area contributed by atoms with Crippen molar-refractivity contribution in [3.05, 3.63) is 60.0 Å². The van der Waals surface area contributed by atoms with Crippen molar-refractivity contribution in [1.82, 2.24) is 5.32 Å². The first-order valence-corrected chi connectivity index (χ1v) is 13.3. The molecule has 2 aromatic carbocycles. The molecule has 3 rings (SSSR count). The first-order valence-electron chi connectivity index (χ1n) is 11.7. The maximum absolute atomic E-state index is 12.3. The predicted molar refractivity (Wildman–Crippen MR) is 143 cm³/mol. The highest BCUT2D eigenvalue weighted by molar-refractivity contribution is 9.11. The van der Waals surface area contributed by atoms with Gasteiger partial charge in [0.15, 0.2) is 0 Å². The van der Waals surface area contributed by atoms with E-state index in [1.54, 1.807) is 19.9 Å². The van der Waals surface area contributed by atoms with Crippen LogP contribution in [0.3, 0.4) is 0 Å². The summed E-state index contributed by atoms with van der Waals surface area (Å²) in [6, 6.07) is 7.37. The fourth-order valence-corrected chi connectivity index (χ4v) is 5.52. The van der Waals surface area contributed by atoms with E-state index in [2.05, 4.69) is 37.2 Å². The van der Waals surface area contributed by atoms with E-state index >= 15 is 0 Å². The van der Waals surface area contributed by atoms with Gasteiger partial charge < -0.3 is 20.5 Å². The molecular formula is C25H31Br2N3O5. The number of benzene rings is 2. The zero-order valence-corrected chi connectivity index (χ0v) is 23.1. The lowest BCUT2D eigenvalue weighted by Crippen LogP contribution is -2.35. The second-order valence-electron chi connectivity index (χ2n) is 8.85. The van der Waals surface area contributed by atoms with Gasteiger partial charge in [0.05, 0.1) is 17.2 Å². The quantitative estimate of drug-likeness (QED) is 0.109. The number of hydrogen-bond acceptors (Lipinski definition) is 7. The molecule has 0 saturated heterocycles. The molecule has 0 heterocycles. The molecule has 0 atom stereocenters. The van der Waals surface area contributed by atoms with Crippen molar-refractivity contribution < 1.29 is 19.2 Å². The third-order valence-corrected chi connectivity index (χ3v) is 7.54. The van der Waals surface area contributed by atoms with Gasteiger partial charge in [0.25, 0.3) is 5.69 Å². The molecule has 2 aromatic rings. The highest BCUT2D eigenvalue weighted by Crippen LogP contribution is 2.30. The maximum Gasteiger partial charge on any atom is 0.306 e. The number of carbonyl (C=O) groups is 1. The fourth-order valence-electron chi connectivity index (χ4n) is 4.20. The molecule has 1 aliphatic carbocycles. The summed E-state index contributed by atoms with van der Waals surface area (Å²) in [7, 11) is 0. The fraction of sp³-hybridized carbons (Fsp3) is 0.480. The van der Waals surface area contributed by atoms with Crippen molar-refractivity contribution in [1.29, 1.82) is 0 Å². The molecule has 0 spiro atoms. The van der Waals surface area contributed by atoms with Gasteiger partial charge in [-0.05, 0) is 85.6 Å². The number of nitrogens with zero attached hydrogens (tertiary/aromatic N) is 1. The van der Waals surface area contributed by atoms with Crippen LogP contribution in [0.1, 0.15) is 55.2 Å². The third kappa shape index (κ3) is 7.65. The Hall–Kier alpha value is -2.17. The first-order chi connectivity index (χ1) is 16.7. The monoisotopic (exact) mass is 611 g/mol. The Kier molecular flexibility index (Phi) is 9.94. The van der Waals surface area contributed by atoms with Crippen molar-refractivity contribution in [2.45, 2.75) is 71.1 Å². The minimum atomic E-state index is -0.400. The lowest BCUT2D eigenvalue weighted by atomic mass is 9.92. The van der Waals surface area contributed by atoms with Gasteiger partial charge in [-0.15, -0.1) is 0 Å². The Morgan fingerprint density at radius 2 is 1.89 bits per heavy atom. The molecule has 0 amide bonds.